The molecule has 104 valence electrons. The Balaban J connectivity index is 1.62. The number of rotatable bonds is 7. The maximum absolute atomic E-state index is 11.5. The Morgan fingerprint density at radius 3 is 3.05 bits per heavy atom. The molecule has 0 fully saturated rings. The molecule has 0 bridgehead atoms. The summed E-state index contributed by atoms with van der Waals surface area (Å²) in [5.41, 5.74) is 1.25. The van der Waals surface area contributed by atoms with Gasteiger partial charge in [0.25, 0.3) is 0 Å². The van der Waals surface area contributed by atoms with Crippen LogP contribution in [0.4, 0.5) is 0 Å². The van der Waals surface area contributed by atoms with Crippen molar-refractivity contribution >= 4 is 5.91 Å². The molecule has 2 N–H and O–H groups in total. The summed E-state index contributed by atoms with van der Waals surface area (Å²) in [7, 11) is 0. The van der Waals surface area contributed by atoms with E-state index >= 15 is 0 Å². The largest absolute Gasteiger partial charge is 0.488 e. The molecule has 0 spiro atoms. The lowest BCUT2D eigenvalue weighted by Crippen LogP contribution is -2.38. The summed E-state index contributed by atoms with van der Waals surface area (Å²) in [6.07, 6.45) is 3.19. The van der Waals surface area contributed by atoms with E-state index in [1.165, 1.54) is 5.56 Å². The molecule has 1 aromatic carbocycles. The van der Waals surface area contributed by atoms with Crippen LogP contribution in [0.5, 0.6) is 5.75 Å². The molecule has 1 heterocycles. The summed E-state index contributed by atoms with van der Waals surface area (Å²) in [5, 5.41) is 6.04. The second-order valence-corrected chi connectivity index (χ2v) is 4.89. The van der Waals surface area contributed by atoms with Crippen molar-refractivity contribution in [1.29, 1.82) is 0 Å². The van der Waals surface area contributed by atoms with Gasteiger partial charge < -0.3 is 15.4 Å². The summed E-state index contributed by atoms with van der Waals surface area (Å²) in [6, 6.07) is 8.09. The van der Waals surface area contributed by atoms with E-state index in [2.05, 4.69) is 23.6 Å². The summed E-state index contributed by atoms with van der Waals surface area (Å²) >= 11 is 0. The molecule has 0 saturated carbocycles. The molecule has 0 aromatic heterocycles. The molecule has 19 heavy (non-hydrogen) atoms. The highest BCUT2D eigenvalue weighted by molar-refractivity contribution is 5.77. The molecule has 1 atom stereocenters. The zero-order valence-electron chi connectivity index (χ0n) is 11.4. The normalized spacial score (nSPS) is 16.8. The number of ether oxygens (including phenoxy) is 1. The van der Waals surface area contributed by atoms with Crippen molar-refractivity contribution in [2.45, 2.75) is 32.3 Å². The quantitative estimate of drug-likeness (QED) is 0.732. The molecule has 1 unspecified atom stereocenters. The number of carbonyl (C=O) groups is 1. The van der Waals surface area contributed by atoms with E-state index in [0.717, 1.165) is 31.6 Å². The van der Waals surface area contributed by atoms with Crippen molar-refractivity contribution in [1.82, 2.24) is 10.6 Å². The molecular formula is C15H22N2O2. The number of fused-ring (bicyclic) bond motifs is 1. The van der Waals surface area contributed by atoms with Gasteiger partial charge in [0.15, 0.2) is 0 Å². The van der Waals surface area contributed by atoms with Crippen molar-refractivity contribution in [3.63, 3.8) is 0 Å². The fourth-order valence-corrected chi connectivity index (χ4v) is 2.18. The van der Waals surface area contributed by atoms with E-state index in [4.69, 9.17) is 4.74 Å². The third-order valence-corrected chi connectivity index (χ3v) is 3.22. The van der Waals surface area contributed by atoms with E-state index in [0.29, 0.717) is 13.1 Å². The summed E-state index contributed by atoms with van der Waals surface area (Å²) in [5.74, 6) is 1.03. The summed E-state index contributed by atoms with van der Waals surface area (Å²) < 4.78 is 5.79. The summed E-state index contributed by atoms with van der Waals surface area (Å²) in [4.78, 5) is 11.5. The molecule has 0 aliphatic carbocycles. The fraction of sp³-hybridized carbons (Fsp3) is 0.533. The van der Waals surface area contributed by atoms with Crippen LogP contribution in [0.25, 0.3) is 0 Å². The van der Waals surface area contributed by atoms with Crippen LogP contribution in [0.3, 0.4) is 0 Å². The van der Waals surface area contributed by atoms with Crippen LogP contribution in [0.1, 0.15) is 25.3 Å². The standard InChI is InChI=1S/C15H22N2O2/c1-2-3-8-17-15(18)11-16-10-13-9-12-6-4-5-7-14(12)19-13/h4-7,13,16H,2-3,8-11H2,1H3,(H,17,18). The van der Waals surface area contributed by atoms with E-state index in [1.807, 2.05) is 18.2 Å². The monoisotopic (exact) mass is 262 g/mol. The Morgan fingerprint density at radius 2 is 2.26 bits per heavy atom. The molecule has 1 aliphatic rings. The number of hydrogen-bond donors (Lipinski definition) is 2. The highest BCUT2D eigenvalue weighted by Gasteiger charge is 2.21. The maximum atomic E-state index is 11.5. The van der Waals surface area contributed by atoms with Gasteiger partial charge in [-0.2, -0.15) is 0 Å². The Kier molecular flexibility index (Phi) is 5.21. The predicted octanol–water partition coefficient (Wildman–Crippen LogP) is 1.50. The number of carbonyl (C=O) groups excluding carboxylic acids is 1. The average molecular weight is 262 g/mol. The topological polar surface area (TPSA) is 50.4 Å². The molecule has 1 amide bonds. The van der Waals surface area contributed by atoms with Crippen LogP contribution in [0, 0.1) is 0 Å². The highest BCUT2D eigenvalue weighted by Crippen LogP contribution is 2.27. The number of amides is 1. The zero-order valence-corrected chi connectivity index (χ0v) is 11.4. The fourth-order valence-electron chi connectivity index (χ4n) is 2.18. The smallest absolute Gasteiger partial charge is 0.233 e. The molecule has 1 aliphatic heterocycles. The molecule has 4 nitrogen and oxygen atoms in total. The number of hydrogen-bond acceptors (Lipinski definition) is 3. The maximum Gasteiger partial charge on any atom is 0.233 e. The minimum Gasteiger partial charge on any atom is -0.488 e. The lowest BCUT2D eigenvalue weighted by Gasteiger charge is -2.11. The zero-order chi connectivity index (χ0) is 13.5. The molecule has 0 radical (unpaired) electrons. The third kappa shape index (κ3) is 4.24. The van der Waals surface area contributed by atoms with Gasteiger partial charge in [-0.3, -0.25) is 4.79 Å². The van der Waals surface area contributed by atoms with Gasteiger partial charge in [0.05, 0.1) is 6.54 Å². The van der Waals surface area contributed by atoms with Crippen LogP contribution in [-0.2, 0) is 11.2 Å². The van der Waals surface area contributed by atoms with Gasteiger partial charge in [-0.1, -0.05) is 31.5 Å². The van der Waals surface area contributed by atoms with E-state index in [9.17, 15) is 4.79 Å². The van der Waals surface area contributed by atoms with Crippen LogP contribution in [-0.4, -0.2) is 31.6 Å². The first kappa shape index (κ1) is 13.9. The first-order chi connectivity index (χ1) is 9.29. The first-order valence-corrected chi connectivity index (χ1v) is 7.01. The van der Waals surface area contributed by atoms with Crippen molar-refractivity contribution in [3.05, 3.63) is 29.8 Å². The van der Waals surface area contributed by atoms with E-state index < -0.39 is 0 Å². The summed E-state index contributed by atoms with van der Waals surface area (Å²) in [6.45, 7) is 3.94. The number of unbranched alkanes of at least 4 members (excludes halogenated alkanes) is 1. The van der Waals surface area contributed by atoms with E-state index in [1.54, 1.807) is 0 Å². The van der Waals surface area contributed by atoms with Crippen molar-refractivity contribution in [2.24, 2.45) is 0 Å². The van der Waals surface area contributed by atoms with Gasteiger partial charge in [0.1, 0.15) is 11.9 Å². The van der Waals surface area contributed by atoms with Crippen LogP contribution >= 0.6 is 0 Å². The first-order valence-electron chi connectivity index (χ1n) is 7.01. The second-order valence-electron chi connectivity index (χ2n) is 4.89. The Morgan fingerprint density at radius 1 is 1.42 bits per heavy atom. The van der Waals surface area contributed by atoms with E-state index in [-0.39, 0.29) is 12.0 Å². The number of benzene rings is 1. The Labute approximate surface area is 114 Å². The lowest BCUT2D eigenvalue weighted by atomic mass is 10.1. The van der Waals surface area contributed by atoms with Crippen LogP contribution < -0.4 is 15.4 Å². The third-order valence-electron chi connectivity index (χ3n) is 3.22. The number of para-hydroxylation sites is 1. The predicted molar refractivity (Wildman–Crippen MR) is 75.3 cm³/mol. The van der Waals surface area contributed by atoms with Gasteiger partial charge >= 0.3 is 0 Å². The second kappa shape index (κ2) is 7.14. The Bertz CT molecular complexity index is 395. The van der Waals surface area contributed by atoms with Crippen molar-refractivity contribution < 1.29 is 9.53 Å². The van der Waals surface area contributed by atoms with Gasteiger partial charge in [0, 0.05) is 19.5 Å². The Hall–Kier alpha value is -1.55. The molecular weight excluding hydrogens is 240 g/mol. The molecule has 1 aromatic rings. The van der Waals surface area contributed by atoms with Gasteiger partial charge in [-0.05, 0) is 18.1 Å². The number of nitrogens with one attached hydrogen (secondary N) is 2. The van der Waals surface area contributed by atoms with Gasteiger partial charge in [-0.15, -0.1) is 0 Å². The van der Waals surface area contributed by atoms with Crippen molar-refractivity contribution in [3.8, 4) is 5.75 Å². The SMILES string of the molecule is CCCCNC(=O)CNCC1Cc2ccccc2O1. The van der Waals surface area contributed by atoms with Crippen molar-refractivity contribution in [2.75, 3.05) is 19.6 Å². The molecule has 4 heteroatoms. The van der Waals surface area contributed by atoms with Crippen LogP contribution in [0.15, 0.2) is 24.3 Å². The van der Waals surface area contributed by atoms with Gasteiger partial charge in [0.2, 0.25) is 5.91 Å². The minimum atomic E-state index is 0.0592. The minimum absolute atomic E-state index is 0.0592. The molecule has 2 rings (SSSR count). The lowest BCUT2D eigenvalue weighted by molar-refractivity contribution is -0.120. The highest BCUT2D eigenvalue weighted by atomic mass is 16.5. The van der Waals surface area contributed by atoms with Crippen LogP contribution in [0.2, 0.25) is 0 Å². The molecule has 0 saturated heterocycles. The van der Waals surface area contributed by atoms with Gasteiger partial charge in [-0.25, -0.2) is 0 Å². The average Bonchev–Trinajstić information content (AvgIpc) is 2.81.